The Hall–Kier alpha value is -1.34. The molecule has 2 aromatic rings. The van der Waals surface area contributed by atoms with Gasteiger partial charge in [0.1, 0.15) is 0 Å². The first kappa shape index (κ1) is 13.7. The van der Waals surface area contributed by atoms with Crippen LogP contribution in [0.3, 0.4) is 0 Å². The van der Waals surface area contributed by atoms with Gasteiger partial charge in [0.15, 0.2) is 0 Å². The fourth-order valence-corrected chi connectivity index (χ4v) is 1.54. The molecule has 0 aliphatic heterocycles. The van der Waals surface area contributed by atoms with Gasteiger partial charge in [-0.25, -0.2) is 0 Å². The lowest BCUT2D eigenvalue weighted by Crippen LogP contribution is -1.82. The number of fused-ring (bicyclic) bond motifs is 1. The zero-order chi connectivity index (χ0) is 10.6. The van der Waals surface area contributed by atoms with Crippen LogP contribution in [0.2, 0.25) is 0 Å². The van der Waals surface area contributed by atoms with E-state index in [0.29, 0.717) is 0 Å². The summed E-state index contributed by atoms with van der Waals surface area (Å²) in [6, 6.07) is 12.9. The molecule has 0 aromatic heterocycles. The minimum atomic E-state index is 0. The van der Waals surface area contributed by atoms with Crippen molar-refractivity contribution in [1.29, 1.82) is 0 Å². The normalized spacial score (nSPS) is 8.80. The van der Waals surface area contributed by atoms with E-state index < -0.39 is 0 Å². The number of benzene rings is 2. The standard InChI is InChI=1S/C12H12.C2H6.H3N/c1-9-7-8-11-5-3-4-6-12(11)10(9)2;1-2;/h3-8H,1-2H3;1-2H3;1H3. The zero-order valence-electron chi connectivity index (χ0n) is 10.2. The summed E-state index contributed by atoms with van der Waals surface area (Å²) in [6.45, 7) is 8.33. The van der Waals surface area contributed by atoms with Crippen molar-refractivity contribution in [2.45, 2.75) is 27.7 Å². The van der Waals surface area contributed by atoms with Crippen molar-refractivity contribution in [2.75, 3.05) is 0 Å². The van der Waals surface area contributed by atoms with Crippen LogP contribution in [0.5, 0.6) is 0 Å². The maximum Gasteiger partial charge on any atom is -0.0152 e. The molecule has 15 heavy (non-hydrogen) atoms. The van der Waals surface area contributed by atoms with Crippen LogP contribution in [0.4, 0.5) is 0 Å². The highest BCUT2D eigenvalue weighted by atomic mass is 14.0. The number of aryl methyl sites for hydroxylation is 2. The molecule has 1 nitrogen and oxygen atoms in total. The van der Waals surface area contributed by atoms with Gasteiger partial charge in [-0.1, -0.05) is 50.2 Å². The van der Waals surface area contributed by atoms with Gasteiger partial charge in [-0.3, -0.25) is 0 Å². The summed E-state index contributed by atoms with van der Waals surface area (Å²) in [5.74, 6) is 0. The molecule has 1 heteroatoms. The van der Waals surface area contributed by atoms with Gasteiger partial charge in [-0.05, 0) is 35.7 Å². The van der Waals surface area contributed by atoms with Crippen molar-refractivity contribution in [3.8, 4) is 0 Å². The van der Waals surface area contributed by atoms with Crippen molar-refractivity contribution >= 4 is 10.8 Å². The molecule has 0 fully saturated rings. The maximum absolute atomic E-state index is 2.18. The van der Waals surface area contributed by atoms with Crippen LogP contribution in [-0.2, 0) is 0 Å². The molecule has 0 saturated carbocycles. The van der Waals surface area contributed by atoms with Crippen LogP contribution in [0.1, 0.15) is 25.0 Å². The van der Waals surface area contributed by atoms with E-state index in [1.807, 2.05) is 13.8 Å². The van der Waals surface area contributed by atoms with Crippen LogP contribution >= 0.6 is 0 Å². The Morgan fingerprint density at radius 2 is 1.40 bits per heavy atom. The van der Waals surface area contributed by atoms with Gasteiger partial charge in [0.2, 0.25) is 0 Å². The van der Waals surface area contributed by atoms with Crippen molar-refractivity contribution < 1.29 is 0 Å². The molecule has 2 rings (SSSR count). The fourth-order valence-electron chi connectivity index (χ4n) is 1.54. The maximum atomic E-state index is 2.18. The Labute approximate surface area is 92.7 Å². The summed E-state index contributed by atoms with van der Waals surface area (Å²) in [6.07, 6.45) is 0. The average Bonchev–Trinajstić information content (AvgIpc) is 2.27. The lowest BCUT2D eigenvalue weighted by atomic mass is 10.0. The second-order valence-electron chi connectivity index (χ2n) is 3.23. The molecule has 3 N–H and O–H groups in total. The van der Waals surface area contributed by atoms with Crippen LogP contribution in [0, 0.1) is 13.8 Å². The Morgan fingerprint density at radius 1 is 0.800 bits per heavy atom. The molecule has 0 unspecified atom stereocenters. The van der Waals surface area contributed by atoms with Crippen molar-refractivity contribution in [2.24, 2.45) is 0 Å². The molecule has 0 spiro atoms. The van der Waals surface area contributed by atoms with Gasteiger partial charge in [-0.2, -0.15) is 0 Å². The predicted molar refractivity (Wildman–Crippen MR) is 69.8 cm³/mol. The summed E-state index contributed by atoms with van der Waals surface area (Å²) in [7, 11) is 0. The first-order valence-corrected chi connectivity index (χ1v) is 5.24. The SMILES string of the molecule is CC.Cc1ccc2ccccc2c1C.N. The third-order valence-electron chi connectivity index (χ3n) is 2.47. The van der Waals surface area contributed by atoms with E-state index in [0.717, 1.165) is 0 Å². The summed E-state index contributed by atoms with van der Waals surface area (Å²) < 4.78 is 0. The minimum absolute atomic E-state index is 0. The van der Waals surface area contributed by atoms with E-state index in [-0.39, 0.29) is 6.15 Å². The molecule has 0 heterocycles. The molecule has 0 amide bonds. The Bertz CT molecular complexity index is 419. The molecular formula is C14H21N. The molecule has 0 aliphatic rings. The lowest BCUT2D eigenvalue weighted by Gasteiger charge is -2.04. The zero-order valence-corrected chi connectivity index (χ0v) is 10.2. The van der Waals surface area contributed by atoms with Crippen LogP contribution in [-0.4, -0.2) is 0 Å². The van der Waals surface area contributed by atoms with Gasteiger partial charge in [-0.15, -0.1) is 0 Å². The molecule has 0 radical (unpaired) electrons. The number of rotatable bonds is 0. The van der Waals surface area contributed by atoms with E-state index in [4.69, 9.17) is 0 Å². The fraction of sp³-hybridized carbons (Fsp3) is 0.286. The van der Waals surface area contributed by atoms with Crippen LogP contribution in [0.25, 0.3) is 10.8 Å². The third kappa shape index (κ3) is 2.80. The van der Waals surface area contributed by atoms with Crippen molar-refractivity contribution in [3.63, 3.8) is 0 Å². The van der Waals surface area contributed by atoms with E-state index >= 15 is 0 Å². The molecule has 2 aromatic carbocycles. The molecular weight excluding hydrogens is 182 g/mol. The van der Waals surface area contributed by atoms with E-state index in [1.54, 1.807) is 0 Å². The van der Waals surface area contributed by atoms with Gasteiger partial charge >= 0.3 is 0 Å². The van der Waals surface area contributed by atoms with Gasteiger partial charge in [0.05, 0.1) is 0 Å². The highest BCUT2D eigenvalue weighted by Crippen LogP contribution is 2.20. The molecule has 0 saturated heterocycles. The predicted octanol–water partition coefficient (Wildman–Crippen LogP) is 4.64. The quantitative estimate of drug-likeness (QED) is 0.664. The topological polar surface area (TPSA) is 35.0 Å². The van der Waals surface area contributed by atoms with Gasteiger partial charge in [0.25, 0.3) is 0 Å². The average molecular weight is 203 g/mol. The highest BCUT2D eigenvalue weighted by molar-refractivity contribution is 5.86. The largest absolute Gasteiger partial charge is 0.344 e. The second kappa shape index (κ2) is 6.20. The first-order chi connectivity index (χ1) is 6.79. The number of hydrogen-bond acceptors (Lipinski definition) is 1. The lowest BCUT2D eigenvalue weighted by molar-refractivity contribution is 1.38. The van der Waals surface area contributed by atoms with Crippen LogP contribution in [0.15, 0.2) is 36.4 Å². The second-order valence-corrected chi connectivity index (χ2v) is 3.23. The molecule has 0 aliphatic carbocycles. The minimum Gasteiger partial charge on any atom is -0.344 e. The van der Waals surface area contributed by atoms with E-state index in [9.17, 15) is 0 Å². The van der Waals surface area contributed by atoms with Crippen LogP contribution < -0.4 is 6.15 Å². The molecule has 0 bridgehead atoms. The third-order valence-corrected chi connectivity index (χ3v) is 2.47. The summed E-state index contributed by atoms with van der Waals surface area (Å²) in [5.41, 5.74) is 2.77. The smallest absolute Gasteiger partial charge is 0.0152 e. The van der Waals surface area contributed by atoms with Gasteiger partial charge < -0.3 is 6.15 Å². The summed E-state index contributed by atoms with van der Waals surface area (Å²) in [5, 5.41) is 2.71. The Morgan fingerprint density at radius 3 is 2.07 bits per heavy atom. The summed E-state index contributed by atoms with van der Waals surface area (Å²) >= 11 is 0. The highest BCUT2D eigenvalue weighted by Gasteiger charge is 1.97. The molecule has 82 valence electrons. The monoisotopic (exact) mass is 203 g/mol. The Kier molecular flexibility index (Phi) is 5.65. The van der Waals surface area contributed by atoms with E-state index in [1.165, 1.54) is 21.9 Å². The van der Waals surface area contributed by atoms with E-state index in [2.05, 4.69) is 50.2 Å². The Balaban J connectivity index is 0.000000617. The van der Waals surface area contributed by atoms with Gasteiger partial charge in [0, 0.05) is 0 Å². The number of hydrogen-bond donors (Lipinski definition) is 1. The van der Waals surface area contributed by atoms with Crippen molar-refractivity contribution in [3.05, 3.63) is 47.5 Å². The first-order valence-electron chi connectivity index (χ1n) is 5.24. The summed E-state index contributed by atoms with van der Waals surface area (Å²) in [4.78, 5) is 0. The van der Waals surface area contributed by atoms with Crippen molar-refractivity contribution in [1.82, 2.24) is 6.15 Å². The molecule has 0 atom stereocenters.